The lowest BCUT2D eigenvalue weighted by atomic mass is 9.98. The summed E-state index contributed by atoms with van der Waals surface area (Å²) in [4.78, 5) is 0. The van der Waals surface area contributed by atoms with Gasteiger partial charge >= 0.3 is 0 Å². The van der Waals surface area contributed by atoms with Gasteiger partial charge in [0.25, 0.3) is 0 Å². The Kier molecular flexibility index (Phi) is 5.13. The first kappa shape index (κ1) is 19.9. The third kappa shape index (κ3) is 3.89. The number of hydrogen-bond donors (Lipinski definition) is 2. The molecular weight excluding hydrogens is 380 g/mol. The highest BCUT2D eigenvalue weighted by Crippen LogP contribution is 2.43. The summed E-state index contributed by atoms with van der Waals surface area (Å²) in [5.41, 5.74) is 5.91. The molecule has 0 bridgehead atoms. The highest BCUT2D eigenvalue weighted by atomic mass is 32.2. The molecule has 0 heterocycles. The van der Waals surface area contributed by atoms with Gasteiger partial charge in [-0.15, -0.1) is 0 Å². The average molecular weight is 409 g/mol. The molecule has 0 fully saturated rings. The molecule has 2 N–H and O–H groups in total. The molecule has 4 nitrogen and oxygen atoms in total. The molecule has 0 unspecified atom stereocenters. The van der Waals surface area contributed by atoms with Gasteiger partial charge in [0.1, 0.15) is 0 Å². The van der Waals surface area contributed by atoms with E-state index in [1.54, 1.807) is 20.8 Å². The topological polar surface area (TPSA) is 58.2 Å². The van der Waals surface area contributed by atoms with Gasteiger partial charge in [0, 0.05) is 12.2 Å². The van der Waals surface area contributed by atoms with Crippen molar-refractivity contribution < 1.29 is 8.42 Å². The summed E-state index contributed by atoms with van der Waals surface area (Å²) in [6, 6.07) is 17.3. The molecule has 2 aromatic carbocycles. The van der Waals surface area contributed by atoms with E-state index >= 15 is 0 Å². The van der Waals surface area contributed by atoms with Crippen LogP contribution in [0.25, 0.3) is 11.1 Å². The van der Waals surface area contributed by atoms with Gasteiger partial charge in [-0.3, -0.25) is 4.72 Å². The van der Waals surface area contributed by atoms with Crippen LogP contribution in [0.1, 0.15) is 44.4 Å². The van der Waals surface area contributed by atoms with Crippen molar-refractivity contribution >= 4 is 10.0 Å². The van der Waals surface area contributed by atoms with E-state index in [-0.39, 0.29) is 6.04 Å². The number of allylic oxidation sites excluding steroid dienone is 2. The Balaban J connectivity index is 1.42. The van der Waals surface area contributed by atoms with Crippen molar-refractivity contribution in [1.82, 2.24) is 10.0 Å². The third-order valence-corrected chi connectivity index (χ3v) is 7.78. The van der Waals surface area contributed by atoms with Crippen LogP contribution in [0.2, 0.25) is 0 Å². The number of fused-ring (bicyclic) bond motifs is 3. The first-order valence-electron chi connectivity index (χ1n) is 10.1. The van der Waals surface area contributed by atoms with Crippen molar-refractivity contribution in [2.75, 3.05) is 6.54 Å². The molecule has 29 heavy (non-hydrogen) atoms. The molecule has 2 aliphatic carbocycles. The molecule has 152 valence electrons. The third-order valence-electron chi connectivity index (χ3n) is 5.66. The van der Waals surface area contributed by atoms with E-state index < -0.39 is 14.8 Å². The maximum Gasteiger partial charge on any atom is 0.237 e. The summed E-state index contributed by atoms with van der Waals surface area (Å²) in [6.45, 7) is 5.94. The van der Waals surface area contributed by atoms with Crippen LogP contribution < -0.4 is 10.0 Å². The van der Waals surface area contributed by atoms with Crippen molar-refractivity contribution in [2.24, 2.45) is 5.92 Å². The predicted molar refractivity (Wildman–Crippen MR) is 119 cm³/mol. The lowest BCUT2D eigenvalue weighted by Crippen LogP contribution is -2.39. The van der Waals surface area contributed by atoms with Crippen LogP contribution in [0.3, 0.4) is 0 Å². The van der Waals surface area contributed by atoms with E-state index in [0.717, 1.165) is 13.0 Å². The van der Waals surface area contributed by atoms with E-state index in [1.807, 2.05) is 12.2 Å². The smallest absolute Gasteiger partial charge is 0.237 e. The molecule has 0 aromatic heterocycles. The summed E-state index contributed by atoms with van der Waals surface area (Å²) in [5.74, 6) is 0.331. The van der Waals surface area contributed by atoms with Gasteiger partial charge in [0.2, 0.25) is 10.0 Å². The van der Waals surface area contributed by atoms with E-state index in [0.29, 0.717) is 11.6 Å². The quantitative estimate of drug-likeness (QED) is 0.765. The Morgan fingerprint density at radius 1 is 0.966 bits per heavy atom. The van der Waals surface area contributed by atoms with Crippen molar-refractivity contribution in [3.05, 3.63) is 83.6 Å². The summed E-state index contributed by atoms with van der Waals surface area (Å²) in [7, 11) is -3.39. The molecule has 0 saturated carbocycles. The molecule has 4 rings (SSSR count). The second-order valence-corrected chi connectivity index (χ2v) is 11.2. The van der Waals surface area contributed by atoms with Gasteiger partial charge < -0.3 is 5.32 Å². The first-order valence-corrected chi connectivity index (χ1v) is 11.6. The van der Waals surface area contributed by atoms with E-state index in [9.17, 15) is 8.42 Å². The van der Waals surface area contributed by atoms with Crippen LogP contribution in [-0.2, 0) is 10.0 Å². The van der Waals surface area contributed by atoms with E-state index in [2.05, 4.69) is 64.6 Å². The lowest BCUT2D eigenvalue weighted by molar-refractivity contribution is 0.521. The van der Waals surface area contributed by atoms with Crippen molar-refractivity contribution in [3.8, 4) is 11.1 Å². The Labute approximate surface area is 173 Å². The minimum Gasteiger partial charge on any atom is -0.306 e. The van der Waals surface area contributed by atoms with Crippen LogP contribution in [0, 0.1) is 5.92 Å². The minimum atomic E-state index is -3.39. The fourth-order valence-corrected chi connectivity index (χ4v) is 4.61. The standard InChI is InChI=1S/C24H28N2O2S/c1-24(2,3)29(27,28)26-18-14-12-17(13-15-18)16-25-23-21-10-6-4-8-19(21)20-9-5-7-11-22(20)23/h4-12,14-15,17,23,25-26H,13,16H2,1-3H3/t17-/m1/s1. The Bertz CT molecular complexity index is 1030. The molecule has 2 aliphatic rings. The summed E-state index contributed by atoms with van der Waals surface area (Å²) >= 11 is 0. The maximum atomic E-state index is 12.3. The molecule has 0 saturated heterocycles. The number of hydrogen-bond acceptors (Lipinski definition) is 3. The number of rotatable bonds is 5. The fourth-order valence-electron chi connectivity index (χ4n) is 3.84. The monoisotopic (exact) mass is 408 g/mol. The second kappa shape index (κ2) is 7.47. The molecular formula is C24H28N2O2S. The lowest BCUT2D eigenvalue weighted by Gasteiger charge is -2.24. The van der Waals surface area contributed by atoms with Gasteiger partial charge in [0.15, 0.2) is 0 Å². The van der Waals surface area contributed by atoms with Crippen molar-refractivity contribution in [1.29, 1.82) is 0 Å². The van der Waals surface area contributed by atoms with Gasteiger partial charge in [0.05, 0.1) is 10.8 Å². The summed E-state index contributed by atoms with van der Waals surface area (Å²) in [5, 5.41) is 3.73. The molecule has 0 amide bonds. The predicted octanol–water partition coefficient (Wildman–Crippen LogP) is 4.52. The number of nitrogens with one attached hydrogen (secondary N) is 2. The van der Waals surface area contributed by atoms with Crippen molar-refractivity contribution in [2.45, 2.75) is 38.0 Å². The van der Waals surface area contributed by atoms with Gasteiger partial charge in [-0.05, 0) is 61.4 Å². The Morgan fingerprint density at radius 3 is 2.07 bits per heavy atom. The molecule has 0 spiro atoms. The highest BCUT2D eigenvalue weighted by Gasteiger charge is 2.30. The second-order valence-electron chi connectivity index (χ2n) is 8.75. The van der Waals surface area contributed by atoms with Gasteiger partial charge in [-0.2, -0.15) is 0 Å². The molecule has 5 heteroatoms. The number of sulfonamides is 1. The molecule has 0 radical (unpaired) electrons. The Hall–Kier alpha value is -2.37. The zero-order valence-electron chi connectivity index (χ0n) is 17.1. The Morgan fingerprint density at radius 2 is 1.55 bits per heavy atom. The zero-order chi connectivity index (χ0) is 20.6. The number of benzene rings is 2. The zero-order valence-corrected chi connectivity index (χ0v) is 18.0. The molecule has 1 atom stereocenters. The minimum absolute atomic E-state index is 0.195. The fraction of sp³-hybridized carbons (Fsp3) is 0.333. The highest BCUT2D eigenvalue weighted by molar-refractivity contribution is 7.90. The largest absolute Gasteiger partial charge is 0.306 e. The van der Waals surface area contributed by atoms with E-state index in [4.69, 9.17) is 0 Å². The SMILES string of the molecule is CC(C)(C)S(=O)(=O)NC1=CC[C@H](CNC2c3ccccc3-c3ccccc32)C=C1. The normalized spacial score (nSPS) is 18.9. The maximum absolute atomic E-state index is 12.3. The van der Waals surface area contributed by atoms with Crippen LogP contribution in [0.15, 0.2) is 72.5 Å². The van der Waals surface area contributed by atoms with Crippen LogP contribution >= 0.6 is 0 Å². The summed E-state index contributed by atoms with van der Waals surface area (Å²) in [6.07, 6.45) is 6.77. The van der Waals surface area contributed by atoms with Crippen LogP contribution in [0.4, 0.5) is 0 Å². The van der Waals surface area contributed by atoms with Crippen molar-refractivity contribution in [3.63, 3.8) is 0 Å². The first-order chi connectivity index (χ1) is 13.8. The molecule has 0 aliphatic heterocycles. The van der Waals surface area contributed by atoms with Crippen LogP contribution in [0.5, 0.6) is 0 Å². The van der Waals surface area contributed by atoms with Gasteiger partial charge in [-0.25, -0.2) is 8.42 Å². The summed E-state index contributed by atoms with van der Waals surface area (Å²) < 4.78 is 26.5. The average Bonchev–Trinajstić information content (AvgIpc) is 3.00. The van der Waals surface area contributed by atoms with Gasteiger partial charge in [-0.1, -0.05) is 60.7 Å². The van der Waals surface area contributed by atoms with E-state index in [1.165, 1.54) is 22.3 Å². The molecule has 2 aromatic rings. The van der Waals surface area contributed by atoms with Crippen LogP contribution in [-0.4, -0.2) is 19.7 Å².